The molecule has 0 aromatic carbocycles. The van der Waals surface area contributed by atoms with Crippen molar-refractivity contribution in [3.63, 3.8) is 0 Å². The minimum atomic E-state index is -1.24. The Morgan fingerprint density at radius 3 is 0.821 bits per heavy atom. The van der Waals surface area contributed by atoms with Gasteiger partial charge in [-0.2, -0.15) is 0 Å². The van der Waals surface area contributed by atoms with Crippen LogP contribution in [0, 0.1) is 46.9 Å². The van der Waals surface area contributed by atoms with Crippen LogP contribution >= 0.6 is 0 Å². The molecular weight excluding hydrogens is 543 g/mol. The SMILES string of the molecule is O=C(O)CN(CCN(CC(=O)O)CC(=O)O)CCN(CC(=O)O)CC(=O)O.[Yb+2]. The van der Waals surface area contributed by atoms with Crippen LogP contribution < -0.4 is 0 Å². The number of carbonyl (C=O) groups is 5. The Kier molecular flexibility index (Phi) is 16.2. The number of carboxylic acid groups (broad SMARTS) is 5. The molecule has 0 aliphatic heterocycles. The molecular formula is C14H23N3O10Yb+2. The molecule has 5 N–H and O–H groups in total. The first kappa shape index (κ1) is 29.0. The predicted octanol–water partition coefficient (Wildman–Crippen LogP) is -2.68. The molecule has 0 radical (unpaired) electrons. The monoisotopic (exact) mass is 567 g/mol. The number of carboxylic acids is 5. The Bertz CT molecular complexity index is 487. The largest absolute Gasteiger partial charge is 2.00 e. The molecule has 14 heteroatoms. The van der Waals surface area contributed by atoms with Gasteiger partial charge in [-0.3, -0.25) is 38.7 Å². The number of hydrogen-bond acceptors (Lipinski definition) is 8. The summed E-state index contributed by atoms with van der Waals surface area (Å²) in [6.45, 7) is -2.74. The molecule has 166 valence electrons. The summed E-state index contributed by atoms with van der Waals surface area (Å²) in [5.74, 6) is -6.16. The second kappa shape index (κ2) is 15.6. The third kappa shape index (κ3) is 16.9. The zero-order valence-corrected chi connectivity index (χ0v) is 16.5. The van der Waals surface area contributed by atoms with Crippen LogP contribution in [0.25, 0.3) is 0 Å². The smallest absolute Gasteiger partial charge is 0.480 e. The maximum absolute atomic E-state index is 11.0. The van der Waals surface area contributed by atoms with E-state index in [1.807, 2.05) is 0 Å². The molecule has 0 saturated carbocycles. The number of nitrogens with zero attached hydrogens (tertiary/aromatic N) is 3. The first-order valence-electron chi connectivity index (χ1n) is 7.75. The summed E-state index contributed by atoms with van der Waals surface area (Å²) in [6, 6.07) is 0. The fourth-order valence-electron chi connectivity index (χ4n) is 2.22. The normalized spacial score (nSPS) is 10.7. The van der Waals surface area contributed by atoms with E-state index in [0.717, 1.165) is 9.80 Å². The van der Waals surface area contributed by atoms with E-state index in [1.165, 1.54) is 4.90 Å². The van der Waals surface area contributed by atoms with Crippen LogP contribution in [0.1, 0.15) is 0 Å². The van der Waals surface area contributed by atoms with E-state index in [0.29, 0.717) is 0 Å². The van der Waals surface area contributed by atoms with Crippen LogP contribution in [0.5, 0.6) is 0 Å². The second-order valence-electron chi connectivity index (χ2n) is 5.67. The third-order valence-corrected chi connectivity index (χ3v) is 3.26. The van der Waals surface area contributed by atoms with Gasteiger partial charge in [0.05, 0.1) is 32.7 Å². The van der Waals surface area contributed by atoms with Gasteiger partial charge < -0.3 is 25.5 Å². The zero-order chi connectivity index (χ0) is 21.0. The molecule has 0 atom stereocenters. The topological polar surface area (TPSA) is 196 Å². The molecule has 0 aromatic heterocycles. The number of hydrogen-bond donors (Lipinski definition) is 5. The van der Waals surface area contributed by atoms with Crippen molar-refractivity contribution in [3.05, 3.63) is 0 Å². The second-order valence-corrected chi connectivity index (χ2v) is 5.67. The van der Waals surface area contributed by atoms with Crippen LogP contribution in [-0.2, 0) is 24.0 Å². The van der Waals surface area contributed by atoms with Crippen molar-refractivity contribution in [2.45, 2.75) is 0 Å². The average Bonchev–Trinajstić information content (AvgIpc) is 2.46. The summed E-state index contributed by atoms with van der Waals surface area (Å²) >= 11 is 0. The van der Waals surface area contributed by atoms with Crippen molar-refractivity contribution in [1.82, 2.24) is 14.7 Å². The van der Waals surface area contributed by atoms with Crippen molar-refractivity contribution >= 4 is 29.8 Å². The summed E-state index contributed by atoms with van der Waals surface area (Å²) in [6.07, 6.45) is 0. The summed E-state index contributed by atoms with van der Waals surface area (Å²) in [5.41, 5.74) is 0. The molecule has 0 heterocycles. The molecule has 0 amide bonds. The van der Waals surface area contributed by atoms with Crippen molar-refractivity contribution in [2.24, 2.45) is 0 Å². The molecule has 0 fully saturated rings. The fraction of sp³-hybridized carbons (Fsp3) is 0.643. The van der Waals surface area contributed by atoms with Gasteiger partial charge in [-0.15, -0.1) is 0 Å². The summed E-state index contributed by atoms with van der Waals surface area (Å²) in [7, 11) is 0. The molecule has 0 aliphatic rings. The summed E-state index contributed by atoms with van der Waals surface area (Å²) < 4.78 is 0. The molecule has 0 unspecified atom stereocenters. The van der Waals surface area contributed by atoms with Crippen molar-refractivity contribution < 1.29 is 96.4 Å². The molecule has 0 aliphatic carbocycles. The number of rotatable bonds is 16. The molecule has 13 nitrogen and oxygen atoms in total. The van der Waals surface area contributed by atoms with Gasteiger partial charge >= 0.3 is 76.8 Å². The minimum Gasteiger partial charge on any atom is -0.480 e. The van der Waals surface area contributed by atoms with E-state index in [9.17, 15) is 24.0 Å². The first-order chi connectivity index (χ1) is 12.5. The Labute approximate surface area is 198 Å². The Morgan fingerprint density at radius 2 is 0.607 bits per heavy atom. The van der Waals surface area contributed by atoms with E-state index in [4.69, 9.17) is 25.5 Å². The molecule has 0 bridgehead atoms. The molecule has 28 heavy (non-hydrogen) atoms. The van der Waals surface area contributed by atoms with Crippen LogP contribution in [0.3, 0.4) is 0 Å². The molecule has 0 rings (SSSR count). The quantitative estimate of drug-likeness (QED) is 0.130. The van der Waals surface area contributed by atoms with E-state index in [1.54, 1.807) is 0 Å². The van der Waals surface area contributed by atoms with Gasteiger partial charge in [0.2, 0.25) is 0 Å². The summed E-state index contributed by atoms with van der Waals surface area (Å²) in [4.78, 5) is 57.6. The Hall–Kier alpha value is -1.25. The zero-order valence-electron chi connectivity index (χ0n) is 14.8. The maximum Gasteiger partial charge on any atom is 2.00 e. The van der Waals surface area contributed by atoms with Gasteiger partial charge in [0.15, 0.2) is 0 Å². The van der Waals surface area contributed by atoms with Gasteiger partial charge in [0, 0.05) is 26.2 Å². The van der Waals surface area contributed by atoms with E-state index < -0.39 is 62.6 Å². The first-order valence-corrected chi connectivity index (χ1v) is 7.75. The Balaban J connectivity index is 0. The molecule has 0 aromatic rings. The van der Waals surface area contributed by atoms with Crippen LogP contribution in [0.2, 0.25) is 0 Å². The molecule has 0 saturated heterocycles. The van der Waals surface area contributed by atoms with Gasteiger partial charge in [0.25, 0.3) is 0 Å². The number of aliphatic carboxylic acids is 5. The average molecular weight is 566 g/mol. The van der Waals surface area contributed by atoms with Crippen molar-refractivity contribution in [2.75, 3.05) is 58.9 Å². The van der Waals surface area contributed by atoms with E-state index >= 15 is 0 Å². The summed E-state index contributed by atoms with van der Waals surface area (Å²) in [5, 5.41) is 44.1. The van der Waals surface area contributed by atoms with Gasteiger partial charge in [-0.1, -0.05) is 0 Å². The van der Waals surface area contributed by atoms with Gasteiger partial charge in [-0.25, -0.2) is 0 Å². The van der Waals surface area contributed by atoms with Gasteiger partial charge in [0.1, 0.15) is 0 Å². The van der Waals surface area contributed by atoms with Crippen LogP contribution in [0.4, 0.5) is 0 Å². The van der Waals surface area contributed by atoms with Gasteiger partial charge in [-0.05, 0) is 0 Å². The third-order valence-electron chi connectivity index (χ3n) is 3.26. The van der Waals surface area contributed by atoms with Crippen LogP contribution in [-0.4, -0.2) is 129 Å². The minimum absolute atomic E-state index is 0. The van der Waals surface area contributed by atoms with Crippen LogP contribution in [0.15, 0.2) is 0 Å². The van der Waals surface area contributed by atoms with E-state index in [2.05, 4.69) is 0 Å². The standard InChI is InChI=1S/C14H23N3O10.Yb/c18-10(19)5-15(1-3-16(6-11(20)21)7-12(22)23)2-4-17(8-13(24)25)9-14(26)27;/h1-9H2,(H,18,19)(H,20,21)(H,22,23)(H,24,25)(H,26,27);/q;+2. The van der Waals surface area contributed by atoms with Crippen molar-refractivity contribution in [1.29, 1.82) is 0 Å². The van der Waals surface area contributed by atoms with Crippen molar-refractivity contribution in [3.8, 4) is 0 Å². The van der Waals surface area contributed by atoms with E-state index in [-0.39, 0.29) is 73.1 Å². The Morgan fingerprint density at radius 1 is 0.429 bits per heavy atom. The maximum atomic E-state index is 11.0. The molecule has 0 spiro atoms. The fourth-order valence-corrected chi connectivity index (χ4v) is 2.22. The predicted molar refractivity (Wildman–Crippen MR) is 87.5 cm³/mol.